The second-order valence-electron chi connectivity index (χ2n) is 4.08. The van der Waals surface area contributed by atoms with Gasteiger partial charge in [0.05, 0.1) is 0 Å². The summed E-state index contributed by atoms with van der Waals surface area (Å²) in [5.74, 6) is -0.165. The lowest BCUT2D eigenvalue weighted by Gasteiger charge is -2.27. The van der Waals surface area contributed by atoms with E-state index in [-0.39, 0.29) is 5.82 Å². The molecule has 0 aliphatic carbocycles. The van der Waals surface area contributed by atoms with Gasteiger partial charge in [-0.3, -0.25) is 4.90 Å². The minimum absolute atomic E-state index is 0.165. The molecule has 0 saturated carbocycles. The average Bonchev–Trinajstić information content (AvgIpc) is 2.30. The van der Waals surface area contributed by atoms with Gasteiger partial charge in [0.25, 0.3) is 0 Å². The van der Waals surface area contributed by atoms with Crippen LogP contribution in [0.1, 0.15) is 5.56 Å². The molecule has 0 atom stereocenters. The van der Waals surface area contributed by atoms with Crippen LogP contribution in [-0.2, 0) is 6.54 Å². The maximum atomic E-state index is 12.9. The number of rotatable bonds is 4. The molecule has 1 aliphatic rings. The van der Waals surface area contributed by atoms with Gasteiger partial charge < -0.3 is 10.6 Å². The first-order chi connectivity index (χ1) is 7.84. The van der Waals surface area contributed by atoms with E-state index in [2.05, 4.69) is 15.5 Å². The summed E-state index contributed by atoms with van der Waals surface area (Å²) in [6.45, 7) is 5.87. The van der Waals surface area contributed by atoms with Crippen LogP contribution in [0.4, 0.5) is 4.39 Å². The summed E-state index contributed by atoms with van der Waals surface area (Å²) >= 11 is 0. The molecule has 0 unspecified atom stereocenters. The van der Waals surface area contributed by atoms with Crippen LogP contribution in [0.25, 0.3) is 0 Å². The Morgan fingerprint density at radius 1 is 1.31 bits per heavy atom. The predicted octanol–water partition coefficient (Wildman–Crippen LogP) is 0.778. The Labute approximate surface area is 95.6 Å². The van der Waals surface area contributed by atoms with E-state index in [9.17, 15) is 4.39 Å². The normalized spacial score (nSPS) is 17.6. The van der Waals surface area contributed by atoms with Crippen LogP contribution in [-0.4, -0.2) is 37.7 Å². The molecule has 88 valence electrons. The van der Waals surface area contributed by atoms with Crippen molar-refractivity contribution in [1.29, 1.82) is 0 Å². The van der Waals surface area contributed by atoms with Gasteiger partial charge in [-0.25, -0.2) is 4.39 Å². The Balaban J connectivity index is 1.71. The van der Waals surface area contributed by atoms with Crippen molar-refractivity contribution in [2.75, 3.05) is 32.8 Å². The molecule has 0 radical (unpaired) electrons. The quantitative estimate of drug-likeness (QED) is 0.790. The van der Waals surface area contributed by atoms with Crippen LogP contribution in [0.2, 0.25) is 0 Å². The SMILES string of the molecule is Fc1cccc(CNCN2CCNCC2)c1. The van der Waals surface area contributed by atoms with Gasteiger partial charge in [0, 0.05) is 39.4 Å². The van der Waals surface area contributed by atoms with Gasteiger partial charge >= 0.3 is 0 Å². The lowest BCUT2D eigenvalue weighted by molar-refractivity contribution is 0.223. The van der Waals surface area contributed by atoms with Crippen LogP contribution in [0.3, 0.4) is 0 Å². The highest BCUT2D eigenvalue weighted by Crippen LogP contribution is 2.02. The van der Waals surface area contributed by atoms with Crippen molar-refractivity contribution in [2.24, 2.45) is 0 Å². The van der Waals surface area contributed by atoms with Gasteiger partial charge in [0.15, 0.2) is 0 Å². The van der Waals surface area contributed by atoms with Crippen molar-refractivity contribution in [3.05, 3.63) is 35.6 Å². The Morgan fingerprint density at radius 3 is 2.88 bits per heavy atom. The van der Waals surface area contributed by atoms with E-state index in [4.69, 9.17) is 0 Å². The van der Waals surface area contributed by atoms with Gasteiger partial charge in [0.2, 0.25) is 0 Å². The zero-order valence-corrected chi connectivity index (χ0v) is 9.38. The van der Waals surface area contributed by atoms with Crippen molar-refractivity contribution >= 4 is 0 Å². The molecular weight excluding hydrogens is 205 g/mol. The van der Waals surface area contributed by atoms with E-state index < -0.39 is 0 Å². The fourth-order valence-corrected chi connectivity index (χ4v) is 1.87. The maximum absolute atomic E-state index is 12.9. The third-order valence-corrected chi connectivity index (χ3v) is 2.76. The standard InChI is InChI=1S/C12H18FN3/c13-12-3-1-2-11(8-12)9-15-10-16-6-4-14-5-7-16/h1-3,8,14-15H,4-7,9-10H2. The average molecular weight is 223 g/mol. The summed E-state index contributed by atoms with van der Waals surface area (Å²) < 4.78 is 12.9. The van der Waals surface area contributed by atoms with Crippen molar-refractivity contribution in [1.82, 2.24) is 15.5 Å². The fraction of sp³-hybridized carbons (Fsp3) is 0.500. The summed E-state index contributed by atoms with van der Waals surface area (Å²) in [4.78, 5) is 2.36. The Bertz CT molecular complexity index is 324. The first-order valence-corrected chi connectivity index (χ1v) is 5.73. The van der Waals surface area contributed by atoms with E-state index in [1.807, 2.05) is 6.07 Å². The molecule has 1 saturated heterocycles. The number of hydrogen-bond donors (Lipinski definition) is 2. The zero-order valence-electron chi connectivity index (χ0n) is 9.38. The first-order valence-electron chi connectivity index (χ1n) is 5.73. The highest BCUT2D eigenvalue weighted by Gasteiger charge is 2.07. The predicted molar refractivity (Wildman–Crippen MR) is 62.5 cm³/mol. The van der Waals surface area contributed by atoms with Crippen LogP contribution < -0.4 is 10.6 Å². The van der Waals surface area contributed by atoms with Crippen molar-refractivity contribution in [3.63, 3.8) is 0 Å². The minimum atomic E-state index is -0.165. The zero-order chi connectivity index (χ0) is 11.2. The Hall–Kier alpha value is -0.970. The number of nitrogens with one attached hydrogen (secondary N) is 2. The molecule has 4 heteroatoms. The monoisotopic (exact) mass is 223 g/mol. The van der Waals surface area contributed by atoms with Gasteiger partial charge in [-0.15, -0.1) is 0 Å². The molecule has 0 aromatic heterocycles. The third kappa shape index (κ3) is 3.56. The number of nitrogens with zero attached hydrogens (tertiary/aromatic N) is 1. The molecular formula is C12H18FN3. The largest absolute Gasteiger partial charge is 0.314 e. The molecule has 1 aromatic rings. The number of halogens is 1. The molecule has 2 N–H and O–H groups in total. The van der Waals surface area contributed by atoms with Crippen LogP contribution >= 0.6 is 0 Å². The topological polar surface area (TPSA) is 27.3 Å². The lowest BCUT2D eigenvalue weighted by Crippen LogP contribution is -2.46. The summed E-state index contributed by atoms with van der Waals surface area (Å²) in [6, 6.07) is 6.73. The first kappa shape index (κ1) is 11.5. The Kier molecular flexibility index (Phi) is 4.27. The molecule has 1 aliphatic heterocycles. The summed E-state index contributed by atoms with van der Waals surface area (Å²) in [6.07, 6.45) is 0. The third-order valence-electron chi connectivity index (χ3n) is 2.76. The van der Waals surface area contributed by atoms with Crippen LogP contribution in [0, 0.1) is 5.82 Å². The summed E-state index contributed by atoms with van der Waals surface area (Å²) in [5, 5.41) is 6.64. The smallest absolute Gasteiger partial charge is 0.123 e. The molecule has 1 aromatic carbocycles. The van der Waals surface area contributed by atoms with Crippen LogP contribution in [0.5, 0.6) is 0 Å². The Morgan fingerprint density at radius 2 is 2.12 bits per heavy atom. The molecule has 1 heterocycles. The number of piperazine rings is 1. The fourth-order valence-electron chi connectivity index (χ4n) is 1.87. The molecule has 0 bridgehead atoms. The van der Waals surface area contributed by atoms with Crippen molar-refractivity contribution < 1.29 is 4.39 Å². The van der Waals surface area contributed by atoms with Gasteiger partial charge in [-0.05, 0) is 17.7 Å². The van der Waals surface area contributed by atoms with Gasteiger partial charge in [0.1, 0.15) is 5.82 Å². The van der Waals surface area contributed by atoms with E-state index in [0.717, 1.165) is 45.0 Å². The molecule has 0 amide bonds. The van der Waals surface area contributed by atoms with E-state index in [0.29, 0.717) is 0 Å². The molecule has 16 heavy (non-hydrogen) atoms. The molecule has 3 nitrogen and oxygen atoms in total. The van der Waals surface area contributed by atoms with Gasteiger partial charge in [-0.1, -0.05) is 12.1 Å². The maximum Gasteiger partial charge on any atom is 0.123 e. The van der Waals surface area contributed by atoms with E-state index in [1.54, 1.807) is 12.1 Å². The number of benzene rings is 1. The molecule has 0 spiro atoms. The highest BCUT2D eigenvalue weighted by molar-refractivity contribution is 5.15. The van der Waals surface area contributed by atoms with Crippen molar-refractivity contribution in [2.45, 2.75) is 6.54 Å². The number of hydrogen-bond acceptors (Lipinski definition) is 3. The summed E-state index contributed by atoms with van der Waals surface area (Å²) in [7, 11) is 0. The summed E-state index contributed by atoms with van der Waals surface area (Å²) in [5.41, 5.74) is 0.995. The van der Waals surface area contributed by atoms with E-state index >= 15 is 0 Å². The van der Waals surface area contributed by atoms with Crippen LogP contribution in [0.15, 0.2) is 24.3 Å². The van der Waals surface area contributed by atoms with Crippen molar-refractivity contribution in [3.8, 4) is 0 Å². The second kappa shape index (κ2) is 5.94. The minimum Gasteiger partial charge on any atom is -0.314 e. The molecule has 2 rings (SSSR count). The second-order valence-corrected chi connectivity index (χ2v) is 4.08. The lowest BCUT2D eigenvalue weighted by atomic mass is 10.2. The van der Waals surface area contributed by atoms with Gasteiger partial charge in [-0.2, -0.15) is 0 Å². The highest BCUT2D eigenvalue weighted by atomic mass is 19.1. The van der Waals surface area contributed by atoms with E-state index in [1.165, 1.54) is 6.07 Å². The molecule has 1 fully saturated rings.